The number of Topliss-reactive ketones (excluding diaryl/α,β-unsaturated/α-hetero) is 1. The number of rotatable bonds is 4. The first-order chi connectivity index (χ1) is 8.95. The Balaban J connectivity index is 2.16. The lowest BCUT2D eigenvalue weighted by Crippen LogP contribution is -2.53. The Morgan fingerprint density at radius 2 is 1.89 bits per heavy atom. The summed E-state index contributed by atoms with van der Waals surface area (Å²) in [6.07, 6.45) is 6.10. The number of carbonyl (C=O) groups is 1. The molecule has 1 aromatic heterocycles. The molecule has 0 aromatic carbocycles. The predicted molar refractivity (Wildman–Crippen MR) is 79.8 cm³/mol. The van der Waals surface area contributed by atoms with E-state index in [1.807, 2.05) is 21.0 Å². The lowest BCUT2D eigenvalue weighted by atomic mass is 9.76. The molecule has 106 valence electrons. The maximum Gasteiger partial charge on any atom is 0.159 e. The van der Waals surface area contributed by atoms with Gasteiger partial charge < -0.3 is 0 Å². The van der Waals surface area contributed by atoms with Crippen molar-refractivity contribution in [3.05, 3.63) is 15.6 Å². The number of hydrogen-bond acceptors (Lipinski definition) is 4. The van der Waals surface area contributed by atoms with E-state index in [4.69, 9.17) is 0 Å². The second-order valence-corrected chi connectivity index (χ2v) is 7.12. The Morgan fingerprint density at radius 3 is 2.37 bits per heavy atom. The van der Waals surface area contributed by atoms with Gasteiger partial charge in [-0.2, -0.15) is 0 Å². The zero-order valence-corrected chi connectivity index (χ0v) is 13.3. The van der Waals surface area contributed by atoms with Crippen molar-refractivity contribution in [3.8, 4) is 0 Å². The van der Waals surface area contributed by atoms with Crippen LogP contribution in [0.2, 0.25) is 0 Å². The Bertz CT molecular complexity index is 439. The van der Waals surface area contributed by atoms with Gasteiger partial charge in [0.1, 0.15) is 5.01 Å². The van der Waals surface area contributed by atoms with Crippen LogP contribution in [0.1, 0.15) is 47.7 Å². The molecule has 4 heteroatoms. The first-order valence-corrected chi connectivity index (χ1v) is 7.91. The Labute approximate surface area is 120 Å². The molecule has 0 bridgehead atoms. The molecule has 19 heavy (non-hydrogen) atoms. The summed E-state index contributed by atoms with van der Waals surface area (Å²) in [6, 6.07) is 0. The first kappa shape index (κ1) is 14.7. The van der Waals surface area contributed by atoms with Crippen LogP contribution in [-0.2, 0) is 11.2 Å². The van der Waals surface area contributed by atoms with Crippen molar-refractivity contribution in [2.45, 2.75) is 57.9 Å². The summed E-state index contributed by atoms with van der Waals surface area (Å²) in [6.45, 7) is 4.09. The molecular weight excluding hydrogens is 256 g/mol. The number of thiazole rings is 1. The molecule has 1 aliphatic rings. The van der Waals surface area contributed by atoms with Gasteiger partial charge >= 0.3 is 0 Å². The molecule has 1 fully saturated rings. The molecule has 0 atom stereocenters. The largest absolute Gasteiger partial charge is 0.297 e. The third kappa shape index (κ3) is 2.90. The maximum absolute atomic E-state index is 12.8. The molecule has 0 saturated heterocycles. The fourth-order valence-electron chi connectivity index (χ4n) is 3.03. The number of nitrogens with zero attached hydrogens (tertiary/aromatic N) is 2. The summed E-state index contributed by atoms with van der Waals surface area (Å²) in [7, 11) is 4.09. The van der Waals surface area contributed by atoms with E-state index >= 15 is 0 Å². The van der Waals surface area contributed by atoms with Crippen molar-refractivity contribution < 1.29 is 4.79 Å². The molecule has 0 amide bonds. The summed E-state index contributed by atoms with van der Waals surface area (Å²) in [4.78, 5) is 20.7. The highest BCUT2D eigenvalue weighted by Gasteiger charge is 2.41. The summed E-state index contributed by atoms with van der Waals surface area (Å²) < 4.78 is 0. The number of ketones is 1. The number of aromatic nitrogens is 1. The average Bonchev–Trinajstić information content (AvgIpc) is 2.68. The minimum Gasteiger partial charge on any atom is -0.297 e. The van der Waals surface area contributed by atoms with Crippen LogP contribution in [0.15, 0.2) is 0 Å². The van der Waals surface area contributed by atoms with Crippen LogP contribution >= 0.6 is 11.3 Å². The highest BCUT2D eigenvalue weighted by molar-refractivity contribution is 7.11. The van der Waals surface area contributed by atoms with E-state index in [0.29, 0.717) is 12.2 Å². The summed E-state index contributed by atoms with van der Waals surface area (Å²) in [5.41, 5.74) is 0.821. The van der Waals surface area contributed by atoms with Gasteiger partial charge in [0.2, 0.25) is 0 Å². The Kier molecular flexibility index (Phi) is 4.41. The minimum atomic E-state index is -0.244. The van der Waals surface area contributed by atoms with Gasteiger partial charge in [0, 0.05) is 4.88 Å². The molecule has 3 nitrogen and oxygen atoms in total. The third-order valence-corrected chi connectivity index (χ3v) is 5.51. The molecular formula is C15H24N2OS. The highest BCUT2D eigenvalue weighted by Crippen LogP contribution is 2.34. The van der Waals surface area contributed by atoms with Crippen LogP contribution in [0, 0.1) is 13.8 Å². The van der Waals surface area contributed by atoms with Gasteiger partial charge in [0.05, 0.1) is 17.7 Å². The SMILES string of the molecule is Cc1nc(CC(=O)C2(N(C)C)CCCCC2)sc1C. The fraction of sp³-hybridized carbons (Fsp3) is 0.733. The van der Waals surface area contributed by atoms with Crippen LogP contribution in [0.3, 0.4) is 0 Å². The van der Waals surface area contributed by atoms with Gasteiger partial charge in [-0.25, -0.2) is 4.98 Å². The van der Waals surface area contributed by atoms with Gasteiger partial charge in [0.15, 0.2) is 5.78 Å². The third-order valence-electron chi connectivity index (χ3n) is 4.44. The first-order valence-electron chi connectivity index (χ1n) is 7.09. The van der Waals surface area contributed by atoms with Crippen molar-refractivity contribution >= 4 is 17.1 Å². The standard InChI is InChI=1S/C15H24N2OS/c1-11-12(2)19-14(16-11)10-13(18)15(17(3)4)8-6-5-7-9-15/h5-10H2,1-4H3. The van der Waals surface area contributed by atoms with E-state index in [1.54, 1.807) is 11.3 Å². The van der Waals surface area contributed by atoms with Gasteiger partial charge in [-0.1, -0.05) is 19.3 Å². The van der Waals surface area contributed by atoms with E-state index in [1.165, 1.54) is 24.1 Å². The smallest absolute Gasteiger partial charge is 0.159 e. The molecule has 0 radical (unpaired) electrons. The van der Waals surface area contributed by atoms with E-state index < -0.39 is 0 Å². The van der Waals surface area contributed by atoms with Crippen molar-refractivity contribution in [1.82, 2.24) is 9.88 Å². The van der Waals surface area contributed by atoms with E-state index in [0.717, 1.165) is 23.5 Å². The lowest BCUT2D eigenvalue weighted by Gasteiger charge is -2.41. The summed E-state index contributed by atoms with van der Waals surface area (Å²) in [5.74, 6) is 0.353. The van der Waals surface area contributed by atoms with Gasteiger partial charge in [0.25, 0.3) is 0 Å². The van der Waals surface area contributed by atoms with Crippen molar-refractivity contribution in [3.63, 3.8) is 0 Å². The Morgan fingerprint density at radius 1 is 1.26 bits per heavy atom. The van der Waals surface area contributed by atoms with Crippen LogP contribution < -0.4 is 0 Å². The van der Waals surface area contributed by atoms with Crippen LogP contribution in [0.5, 0.6) is 0 Å². The van der Waals surface area contributed by atoms with Crippen molar-refractivity contribution in [2.24, 2.45) is 0 Å². The fourth-order valence-corrected chi connectivity index (χ4v) is 3.96. The maximum atomic E-state index is 12.8. The quantitative estimate of drug-likeness (QED) is 0.849. The van der Waals surface area contributed by atoms with E-state index in [-0.39, 0.29) is 5.54 Å². The van der Waals surface area contributed by atoms with Crippen molar-refractivity contribution in [1.29, 1.82) is 0 Å². The molecule has 1 heterocycles. The normalized spacial score (nSPS) is 18.8. The number of likely N-dealkylation sites (N-methyl/N-ethyl adjacent to an activating group) is 1. The molecule has 0 N–H and O–H groups in total. The van der Waals surface area contributed by atoms with Crippen LogP contribution in [0.25, 0.3) is 0 Å². The van der Waals surface area contributed by atoms with Crippen LogP contribution in [0.4, 0.5) is 0 Å². The van der Waals surface area contributed by atoms with Gasteiger partial charge in [-0.05, 0) is 40.8 Å². The van der Waals surface area contributed by atoms with E-state index in [2.05, 4.69) is 16.8 Å². The lowest BCUT2D eigenvalue weighted by molar-refractivity contribution is -0.131. The predicted octanol–water partition coefficient (Wildman–Crippen LogP) is 3.14. The zero-order valence-electron chi connectivity index (χ0n) is 12.5. The monoisotopic (exact) mass is 280 g/mol. The number of aryl methyl sites for hydroxylation is 2. The van der Waals surface area contributed by atoms with Gasteiger partial charge in [-0.15, -0.1) is 11.3 Å². The average molecular weight is 280 g/mol. The Hall–Kier alpha value is -0.740. The number of carbonyl (C=O) groups excluding carboxylic acids is 1. The second kappa shape index (κ2) is 5.71. The molecule has 1 aliphatic carbocycles. The zero-order chi connectivity index (χ0) is 14.0. The molecule has 0 aliphatic heterocycles. The minimum absolute atomic E-state index is 0.244. The van der Waals surface area contributed by atoms with Crippen molar-refractivity contribution in [2.75, 3.05) is 14.1 Å². The van der Waals surface area contributed by atoms with Crippen LogP contribution in [-0.4, -0.2) is 35.3 Å². The topological polar surface area (TPSA) is 33.2 Å². The molecule has 0 spiro atoms. The number of hydrogen-bond donors (Lipinski definition) is 0. The summed E-state index contributed by atoms with van der Waals surface area (Å²) in [5, 5.41) is 0.979. The molecule has 0 unspecified atom stereocenters. The highest BCUT2D eigenvalue weighted by atomic mass is 32.1. The second-order valence-electron chi connectivity index (χ2n) is 5.84. The molecule has 1 aromatic rings. The van der Waals surface area contributed by atoms with Gasteiger partial charge in [-0.3, -0.25) is 9.69 Å². The molecule has 2 rings (SSSR count). The van der Waals surface area contributed by atoms with E-state index in [9.17, 15) is 4.79 Å². The summed E-state index contributed by atoms with van der Waals surface area (Å²) >= 11 is 1.67. The molecule has 1 saturated carbocycles.